The van der Waals surface area contributed by atoms with Gasteiger partial charge in [0.25, 0.3) is 0 Å². The molecule has 2 aliphatic rings. The fraction of sp³-hybridized carbons (Fsp3) is 0.556. The predicted octanol–water partition coefficient (Wildman–Crippen LogP) is 3.41. The van der Waals surface area contributed by atoms with Crippen molar-refractivity contribution in [3.63, 3.8) is 0 Å². The molecule has 0 radical (unpaired) electrons. The fourth-order valence-corrected chi connectivity index (χ4v) is 3.20. The lowest BCUT2D eigenvalue weighted by atomic mass is 9.92. The summed E-state index contributed by atoms with van der Waals surface area (Å²) in [5.41, 5.74) is 0.554. The standard InChI is InChI=1S/C18H24O4/c1-5-18(6-2)15(19-12-13-10-8-7-9-11-13)14-16(22-18)21-17(3,4)20-14/h5,7-11,14-16H,1,6,12H2,2-4H3/t14-,15?,16-,18+/m0/s1. The van der Waals surface area contributed by atoms with Crippen molar-refractivity contribution in [3.8, 4) is 0 Å². The van der Waals surface area contributed by atoms with Gasteiger partial charge in [-0.2, -0.15) is 0 Å². The van der Waals surface area contributed by atoms with Crippen LogP contribution in [0.5, 0.6) is 0 Å². The number of ether oxygens (including phenoxy) is 4. The highest BCUT2D eigenvalue weighted by Crippen LogP contribution is 2.45. The minimum atomic E-state index is -0.648. The second-order valence-corrected chi connectivity index (χ2v) is 6.32. The summed E-state index contributed by atoms with van der Waals surface area (Å²) in [4.78, 5) is 0. The lowest BCUT2D eigenvalue weighted by molar-refractivity contribution is -0.235. The van der Waals surface area contributed by atoms with E-state index >= 15 is 0 Å². The maximum absolute atomic E-state index is 6.19. The highest BCUT2D eigenvalue weighted by molar-refractivity contribution is 5.15. The first-order valence-corrected chi connectivity index (χ1v) is 7.82. The third kappa shape index (κ3) is 2.72. The molecule has 1 unspecified atom stereocenters. The molecule has 2 fully saturated rings. The summed E-state index contributed by atoms with van der Waals surface area (Å²) in [6.07, 6.45) is 1.70. The molecule has 3 rings (SSSR count). The van der Waals surface area contributed by atoms with E-state index in [1.165, 1.54) is 0 Å². The van der Waals surface area contributed by atoms with E-state index in [0.29, 0.717) is 6.61 Å². The molecule has 22 heavy (non-hydrogen) atoms. The Bertz CT molecular complexity index is 527. The van der Waals surface area contributed by atoms with E-state index in [2.05, 4.69) is 13.5 Å². The molecule has 0 amide bonds. The largest absolute Gasteiger partial charge is 0.367 e. The number of benzene rings is 1. The molecule has 4 heteroatoms. The lowest BCUT2D eigenvalue weighted by Crippen LogP contribution is -2.45. The van der Waals surface area contributed by atoms with Crippen LogP contribution >= 0.6 is 0 Å². The van der Waals surface area contributed by atoms with E-state index < -0.39 is 17.7 Å². The molecule has 120 valence electrons. The first-order chi connectivity index (χ1) is 10.5. The minimum absolute atomic E-state index is 0.234. The van der Waals surface area contributed by atoms with Gasteiger partial charge < -0.3 is 18.9 Å². The minimum Gasteiger partial charge on any atom is -0.367 e. The maximum atomic E-state index is 6.19. The van der Waals surface area contributed by atoms with E-state index in [1.807, 2.05) is 50.3 Å². The van der Waals surface area contributed by atoms with Gasteiger partial charge in [0.15, 0.2) is 12.1 Å². The molecular formula is C18H24O4. The Hall–Kier alpha value is -1.20. The molecule has 0 N–H and O–H groups in total. The Morgan fingerprint density at radius 3 is 2.55 bits per heavy atom. The smallest absolute Gasteiger partial charge is 0.191 e. The van der Waals surface area contributed by atoms with Gasteiger partial charge in [-0.25, -0.2) is 0 Å². The second kappa shape index (κ2) is 5.78. The molecule has 4 nitrogen and oxygen atoms in total. The van der Waals surface area contributed by atoms with Crippen LogP contribution in [0.15, 0.2) is 43.0 Å². The van der Waals surface area contributed by atoms with Crippen molar-refractivity contribution < 1.29 is 18.9 Å². The highest BCUT2D eigenvalue weighted by Gasteiger charge is 2.60. The molecule has 2 saturated heterocycles. The van der Waals surface area contributed by atoms with E-state index in [0.717, 1.165) is 12.0 Å². The molecule has 0 aliphatic carbocycles. The monoisotopic (exact) mass is 304 g/mol. The number of fused-ring (bicyclic) bond motifs is 1. The van der Waals surface area contributed by atoms with Crippen molar-refractivity contribution in [1.29, 1.82) is 0 Å². The van der Waals surface area contributed by atoms with Crippen molar-refractivity contribution >= 4 is 0 Å². The zero-order valence-electron chi connectivity index (χ0n) is 13.5. The molecule has 0 aromatic heterocycles. The van der Waals surface area contributed by atoms with Gasteiger partial charge in [-0.15, -0.1) is 6.58 Å². The third-order valence-corrected chi connectivity index (χ3v) is 4.37. The average Bonchev–Trinajstić information content (AvgIpc) is 2.95. The van der Waals surface area contributed by atoms with E-state index in [-0.39, 0.29) is 12.2 Å². The summed E-state index contributed by atoms with van der Waals surface area (Å²) in [5.74, 6) is -0.648. The van der Waals surface area contributed by atoms with Crippen LogP contribution in [0.25, 0.3) is 0 Å². The molecule has 0 bridgehead atoms. The summed E-state index contributed by atoms with van der Waals surface area (Å²) in [6.45, 7) is 10.3. The van der Waals surface area contributed by atoms with E-state index in [9.17, 15) is 0 Å². The Labute approximate surface area is 132 Å². The third-order valence-electron chi connectivity index (χ3n) is 4.37. The second-order valence-electron chi connectivity index (χ2n) is 6.32. The normalized spacial score (nSPS) is 36.2. The Kier molecular flexibility index (Phi) is 4.12. The van der Waals surface area contributed by atoms with Crippen LogP contribution in [0.4, 0.5) is 0 Å². The molecule has 2 heterocycles. The van der Waals surface area contributed by atoms with Gasteiger partial charge in [-0.3, -0.25) is 0 Å². The predicted molar refractivity (Wildman–Crippen MR) is 83.1 cm³/mol. The summed E-state index contributed by atoms with van der Waals surface area (Å²) < 4.78 is 24.2. The van der Waals surface area contributed by atoms with Crippen LogP contribution in [0.1, 0.15) is 32.8 Å². The zero-order valence-corrected chi connectivity index (χ0v) is 13.5. The fourth-order valence-electron chi connectivity index (χ4n) is 3.20. The van der Waals surface area contributed by atoms with Crippen LogP contribution in [0, 0.1) is 0 Å². The van der Waals surface area contributed by atoms with Crippen molar-refractivity contribution in [2.24, 2.45) is 0 Å². The molecule has 2 aliphatic heterocycles. The topological polar surface area (TPSA) is 36.9 Å². The maximum Gasteiger partial charge on any atom is 0.191 e. The summed E-state index contributed by atoms with van der Waals surface area (Å²) in [6, 6.07) is 10.1. The van der Waals surface area contributed by atoms with Crippen LogP contribution in [0.3, 0.4) is 0 Å². The Balaban J connectivity index is 1.79. The van der Waals surface area contributed by atoms with Gasteiger partial charge >= 0.3 is 0 Å². The van der Waals surface area contributed by atoms with Crippen molar-refractivity contribution in [2.45, 2.75) is 63.7 Å². The Morgan fingerprint density at radius 1 is 1.18 bits per heavy atom. The highest BCUT2D eigenvalue weighted by atomic mass is 16.8. The molecule has 4 atom stereocenters. The molecule has 0 saturated carbocycles. The molecule has 0 spiro atoms. The number of rotatable bonds is 5. The molecular weight excluding hydrogens is 280 g/mol. The quantitative estimate of drug-likeness (QED) is 0.781. The number of hydrogen-bond acceptors (Lipinski definition) is 4. The first kappa shape index (κ1) is 15.7. The first-order valence-electron chi connectivity index (χ1n) is 7.82. The van der Waals surface area contributed by atoms with Gasteiger partial charge in [0.2, 0.25) is 0 Å². The van der Waals surface area contributed by atoms with Crippen molar-refractivity contribution in [1.82, 2.24) is 0 Å². The van der Waals surface area contributed by atoms with Gasteiger partial charge in [-0.05, 0) is 25.8 Å². The van der Waals surface area contributed by atoms with E-state index in [1.54, 1.807) is 0 Å². The van der Waals surface area contributed by atoms with Crippen LogP contribution in [-0.4, -0.2) is 29.9 Å². The zero-order chi connectivity index (χ0) is 15.8. The molecule has 1 aromatic carbocycles. The Morgan fingerprint density at radius 2 is 1.91 bits per heavy atom. The summed E-state index contributed by atoms with van der Waals surface area (Å²) in [5, 5.41) is 0. The van der Waals surface area contributed by atoms with Crippen molar-refractivity contribution in [2.75, 3.05) is 0 Å². The van der Waals surface area contributed by atoms with Gasteiger partial charge in [0.05, 0.1) is 6.61 Å². The summed E-state index contributed by atoms with van der Waals surface area (Å²) in [7, 11) is 0. The summed E-state index contributed by atoms with van der Waals surface area (Å²) >= 11 is 0. The van der Waals surface area contributed by atoms with Crippen LogP contribution < -0.4 is 0 Å². The van der Waals surface area contributed by atoms with Gasteiger partial charge in [-0.1, -0.05) is 43.3 Å². The van der Waals surface area contributed by atoms with E-state index in [4.69, 9.17) is 18.9 Å². The van der Waals surface area contributed by atoms with Crippen molar-refractivity contribution in [3.05, 3.63) is 48.6 Å². The SMILES string of the molecule is C=C[C@]1(CC)O[C@@H]2OC(C)(C)O[C@H]2C1OCc1ccccc1. The lowest BCUT2D eigenvalue weighted by Gasteiger charge is -2.33. The van der Waals surface area contributed by atoms with Crippen LogP contribution in [0.2, 0.25) is 0 Å². The van der Waals surface area contributed by atoms with Gasteiger partial charge in [0.1, 0.15) is 17.8 Å². The average molecular weight is 304 g/mol. The van der Waals surface area contributed by atoms with Crippen LogP contribution in [-0.2, 0) is 25.6 Å². The number of hydrogen-bond donors (Lipinski definition) is 0. The molecule has 1 aromatic rings. The van der Waals surface area contributed by atoms with Gasteiger partial charge in [0, 0.05) is 0 Å².